The van der Waals surface area contributed by atoms with Gasteiger partial charge < -0.3 is 15.0 Å². The van der Waals surface area contributed by atoms with Gasteiger partial charge in [-0.05, 0) is 48.2 Å². The zero-order chi connectivity index (χ0) is 23.3. The molecule has 1 unspecified atom stereocenters. The van der Waals surface area contributed by atoms with Crippen molar-refractivity contribution in [2.45, 2.75) is 41.1 Å². The van der Waals surface area contributed by atoms with E-state index in [9.17, 15) is 4.79 Å². The third-order valence-electron chi connectivity index (χ3n) is 6.02. The van der Waals surface area contributed by atoms with Crippen LogP contribution >= 0.6 is 23.5 Å². The molecule has 1 saturated carbocycles. The summed E-state index contributed by atoms with van der Waals surface area (Å²) in [5.74, 6) is 1.98. The van der Waals surface area contributed by atoms with Crippen molar-refractivity contribution in [2.75, 3.05) is 12.4 Å². The number of fused-ring (bicyclic) bond motifs is 1. The number of imidazole rings is 1. The molecule has 0 bridgehead atoms. The Morgan fingerprint density at radius 1 is 1.06 bits per heavy atom. The van der Waals surface area contributed by atoms with Crippen LogP contribution in [-0.4, -0.2) is 34.5 Å². The Hall–Kier alpha value is -2.90. The number of aromatic nitrogens is 2. The van der Waals surface area contributed by atoms with E-state index in [-0.39, 0.29) is 12.1 Å². The lowest BCUT2D eigenvalue weighted by atomic mass is 10.1. The van der Waals surface area contributed by atoms with Gasteiger partial charge in [0.05, 0.1) is 11.0 Å². The maximum absolute atomic E-state index is 12.1. The number of H-pyrrole nitrogens is 1. The number of carbonyl (C=O) groups excluding carboxylic acids is 1. The monoisotopic (exact) mass is 489 g/mol. The fraction of sp³-hybridized carbons (Fsp3) is 0.259. The van der Waals surface area contributed by atoms with E-state index in [1.165, 1.54) is 21.6 Å². The average Bonchev–Trinajstić information content (AvgIpc) is 3.49. The molecule has 1 aliphatic carbocycles. The fourth-order valence-corrected chi connectivity index (χ4v) is 5.88. The number of thioether (sulfide) groups is 2. The quantitative estimate of drug-likeness (QED) is 0.206. The molecule has 5 rings (SSSR count). The van der Waals surface area contributed by atoms with Crippen LogP contribution in [0.25, 0.3) is 11.0 Å². The second kappa shape index (κ2) is 10.6. The molecule has 3 aromatic carbocycles. The highest BCUT2D eigenvalue weighted by Gasteiger charge is 2.39. The summed E-state index contributed by atoms with van der Waals surface area (Å²) in [7, 11) is 0. The second-order valence-corrected chi connectivity index (χ2v) is 10.5. The van der Waals surface area contributed by atoms with Gasteiger partial charge >= 0.3 is 6.09 Å². The van der Waals surface area contributed by atoms with E-state index in [4.69, 9.17) is 4.74 Å². The number of alkyl carbamates (subject to hydrolysis) is 1. The van der Waals surface area contributed by atoms with Crippen LogP contribution in [-0.2, 0) is 10.5 Å². The third-order valence-corrected chi connectivity index (χ3v) is 8.07. The predicted molar refractivity (Wildman–Crippen MR) is 140 cm³/mol. The molecule has 34 heavy (non-hydrogen) atoms. The number of carbonyl (C=O) groups is 1. The highest BCUT2D eigenvalue weighted by Crippen LogP contribution is 2.40. The summed E-state index contributed by atoms with van der Waals surface area (Å²) in [6.45, 7) is 2.54. The molecule has 0 spiro atoms. The molecule has 174 valence electrons. The van der Waals surface area contributed by atoms with E-state index < -0.39 is 0 Å². The van der Waals surface area contributed by atoms with Gasteiger partial charge in [0.25, 0.3) is 0 Å². The Labute approximate surface area is 208 Å². The molecule has 2 atom stereocenters. The van der Waals surface area contributed by atoms with Crippen molar-refractivity contribution >= 4 is 40.7 Å². The topological polar surface area (TPSA) is 67.0 Å². The number of ether oxygens (including phenoxy) is 1. The highest BCUT2D eigenvalue weighted by atomic mass is 32.2. The zero-order valence-electron chi connectivity index (χ0n) is 19.0. The molecule has 1 heterocycles. The summed E-state index contributed by atoms with van der Waals surface area (Å²) in [4.78, 5) is 21.4. The number of nitrogens with zero attached hydrogens (tertiary/aromatic N) is 1. The van der Waals surface area contributed by atoms with E-state index in [0.717, 1.165) is 34.1 Å². The van der Waals surface area contributed by atoms with Gasteiger partial charge in [-0.15, -0.1) is 11.8 Å². The predicted octanol–water partition coefficient (Wildman–Crippen LogP) is 6.54. The Kier molecular flexibility index (Phi) is 7.11. The molecule has 4 aromatic rings. The number of amides is 1. The summed E-state index contributed by atoms with van der Waals surface area (Å²) in [6.07, 6.45) is 0.656. The molecule has 1 aromatic heterocycles. The van der Waals surface area contributed by atoms with Crippen LogP contribution < -0.4 is 5.32 Å². The normalized spacial score (nSPS) is 17.0. The number of nitrogens with one attached hydrogen (secondary N) is 2. The van der Waals surface area contributed by atoms with Crippen LogP contribution in [0, 0.1) is 6.92 Å². The fourth-order valence-electron chi connectivity index (χ4n) is 4.02. The molecule has 0 saturated heterocycles. The smallest absolute Gasteiger partial charge is 0.407 e. The molecule has 1 fully saturated rings. The molecule has 0 radical (unpaired) electrons. The Morgan fingerprint density at radius 2 is 1.88 bits per heavy atom. The number of aromatic amines is 1. The van der Waals surface area contributed by atoms with E-state index in [0.29, 0.717) is 12.5 Å². The van der Waals surface area contributed by atoms with Crippen LogP contribution in [0.2, 0.25) is 0 Å². The van der Waals surface area contributed by atoms with Gasteiger partial charge in [-0.25, -0.2) is 9.78 Å². The minimum absolute atomic E-state index is 0.186. The molecular weight excluding hydrogens is 462 g/mol. The minimum Gasteiger partial charge on any atom is -0.449 e. The number of rotatable bonds is 9. The van der Waals surface area contributed by atoms with Gasteiger partial charge in [0.1, 0.15) is 6.61 Å². The van der Waals surface area contributed by atoms with E-state index >= 15 is 0 Å². The van der Waals surface area contributed by atoms with E-state index in [1.54, 1.807) is 23.5 Å². The first-order chi connectivity index (χ1) is 16.7. The first-order valence-electron chi connectivity index (χ1n) is 11.4. The van der Waals surface area contributed by atoms with Gasteiger partial charge in [0.15, 0.2) is 5.16 Å². The van der Waals surface area contributed by atoms with Gasteiger partial charge in [0.2, 0.25) is 0 Å². The van der Waals surface area contributed by atoms with Crippen molar-refractivity contribution in [1.29, 1.82) is 0 Å². The maximum atomic E-state index is 12.1. The van der Waals surface area contributed by atoms with Crippen molar-refractivity contribution in [3.05, 3.63) is 89.5 Å². The van der Waals surface area contributed by atoms with Crippen molar-refractivity contribution < 1.29 is 9.53 Å². The number of hydrogen-bond acceptors (Lipinski definition) is 5. The van der Waals surface area contributed by atoms with Crippen LogP contribution in [0.4, 0.5) is 4.79 Å². The molecule has 1 amide bonds. The second-order valence-electron chi connectivity index (χ2n) is 8.38. The van der Waals surface area contributed by atoms with Crippen LogP contribution in [0.15, 0.2) is 82.8 Å². The lowest BCUT2D eigenvalue weighted by Crippen LogP contribution is -2.28. The Morgan fingerprint density at radius 3 is 2.74 bits per heavy atom. The van der Waals surface area contributed by atoms with Crippen LogP contribution in [0.1, 0.15) is 29.0 Å². The average molecular weight is 490 g/mol. The van der Waals surface area contributed by atoms with E-state index in [1.807, 2.05) is 42.5 Å². The lowest BCUT2D eigenvalue weighted by Gasteiger charge is -2.11. The first kappa shape index (κ1) is 22.9. The lowest BCUT2D eigenvalue weighted by molar-refractivity contribution is 0.152. The number of hydrogen-bond donors (Lipinski definition) is 2. The van der Waals surface area contributed by atoms with Gasteiger partial charge in [-0.1, -0.05) is 66.4 Å². The largest absolute Gasteiger partial charge is 0.449 e. The number of benzene rings is 3. The van der Waals surface area contributed by atoms with Crippen molar-refractivity contribution in [3.63, 3.8) is 0 Å². The number of para-hydroxylation sites is 2. The summed E-state index contributed by atoms with van der Waals surface area (Å²) < 4.78 is 5.42. The van der Waals surface area contributed by atoms with Gasteiger partial charge in [0, 0.05) is 28.4 Å². The Bertz CT molecular complexity index is 1240. The molecule has 5 nitrogen and oxygen atoms in total. The Balaban J connectivity index is 1.06. The standard InChI is InChI=1S/C27H27N3O2S2/c1-18-20(17-34-26-28-22-11-5-6-12-23(22)29-26)10-7-13-25(18)33-15-14-32-27(31)30-24-16-21(24)19-8-3-2-4-9-19/h2-13,21,24H,14-17H2,1H3,(H,28,29)(H,30,31)/t21-,24?/m1/s1. The third kappa shape index (κ3) is 5.59. The SMILES string of the molecule is Cc1c(CSc2nc3ccccc3[nH]2)cccc1SCCOC(=O)NC1C[C@@H]1c1ccccc1. The minimum atomic E-state index is -0.322. The molecule has 1 aliphatic rings. The first-order valence-corrected chi connectivity index (χ1v) is 13.4. The van der Waals surface area contributed by atoms with Crippen molar-refractivity contribution in [1.82, 2.24) is 15.3 Å². The van der Waals surface area contributed by atoms with Crippen molar-refractivity contribution in [3.8, 4) is 0 Å². The van der Waals surface area contributed by atoms with Crippen LogP contribution in [0.3, 0.4) is 0 Å². The maximum Gasteiger partial charge on any atom is 0.407 e. The summed E-state index contributed by atoms with van der Waals surface area (Å²) in [6, 6.07) is 25.0. The van der Waals surface area contributed by atoms with E-state index in [2.05, 4.69) is 52.5 Å². The molecule has 7 heteroatoms. The summed E-state index contributed by atoms with van der Waals surface area (Å²) >= 11 is 3.43. The van der Waals surface area contributed by atoms with Crippen LogP contribution in [0.5, 0.6) is 0 Å². The van der Waals surface area contributed by atoms with Gasteiger partial charge in [-0.3, -0.25) is 0 Å². The summed E-state index contributed by atoms with van der Waals surface area (Å²) in [5.41, 5.74) is 5.89. The molecule has 0 aliphatic heterocycles. The summed E-state index contributed by atoms with van der Waals surface area (Å²) in [5, 5.41) is 3.91. The van der Waals surface area contributed by atoms with Gasteiger partial charge in [-0.2, -0.15) is 0 Å². The molecule has 2 N–H and O–H groups in total. The zero-order valence-corrected chi connectivity index (χ0v) is 20.6. The highest BCUT2D eigenvalue weighted by molar-refractivity contribution is 7.99. The van der Waals surface area contributed by atoms with Crippen molar-refractivity contribution in [2.24, 2.45) is 0 Å². The molecular formula is C27H27N3O2S2.